The molecule has 0 radical (unpaired) electrons. The number of cyclic esters (lactones) is 1. The largest absolute Gasteiger partial charge is 0.508 e. The number of aliphatic hydroxyl groups excluding tert-OH is 1. The molecule has 1 aromatic heterocycles. The molecule has 1 aromatic carbocycles. The van der Waals surface area contributed by atoms with Gasteiger partial charge in [-0.05, 0) is 32.3 Å². The minimum atomic E-state index is -1.35. The van der Waals surface area contributed by atoms with Crippen molar-refractivity contribution in [3.63, 3.8) is 0 Å². The van der Waals surface area contributed by atoms with Crippen LogP contribution < -0.4 is 0 Å². The fraction of sp³-hybridized carbons (Fsp3) is 0.381. The van der Waals surface area contributed by atoms with Crippen LogP contribution in [0.4, 0.5) is 0 Å². The highest BCUT2D eigenvalue weighted by atomic mass is 16.5. The molecule has 0 bridgehead atoms. The number of fused-ring (bicyclic) bond motifs is 5. The molecule has 0 saturated carbocycles. The van der Waals surface area contributed by atoms with Gasteiger partial charge in [-0.15, -0.1) is 0 Å². The Kier molecular flexibility index (Phi) is 3.91. The van der Waals surface area contributed by atoms with Crippen molar-refractivity contribution in [1.82, 2.24) is 14.8 Å². The number of hydrogen-bond acceptors (Lipinski definition) is 7. The minimum absolute atomic E-state index is 0.0215. The van der Waals surface area contributed by atoms with Gasteiger partial charge in [0.05, 0.1) is 29.4 Å². The molecule has 3 atom stereocenters. The van der Waals surface area contributed by atoms with Crippen molar-refractivity contribution in [2.75, 3.05) is 20.7 Å². The number of phenolic OH excluding ortho intramolecular Hbond substituents is 1. The number of phenols is 1. The number of hydrogen-bond donors (Lipinski definition) is 2. The molecular formula is C21H21N3O5. The molecule has 1 fully saturated rings. The van der Waals surface area contributed by atoms with Gasteiger partial charge in [0, 0.05) is 29.0 Å². The van der Waals surface area contributed by atoms with Crippen LogP contribution in [0, 0.1) is 11.8 Å². The summed E-state index contributed by atoms with van der Waals surface area (Å²) in [7, 11) is 3.86. The number of nitrogens with zero attached hydrogens (tertiary/aromatic N) is 3. The molecule has 0 spiro atoms. The second kappa shape index (κ2) is 6.27. The number of aliphatic hydroxyl groups is 1. The number of aromatic nitrogens is 1. The van der Waals surface area contributed by atoms with E-state index in [-0.39, 0.29) is 18.3 Å². The highest BCUT2D eigenvalue weighted by Crippen LogP contribution is 2.43. The van der Waals surface area contributed by atoms with Gasteiger partial charge in [0.1, 0.15) is 12.4 Å². The van der Waals surface area contributed by atoms with E-state index in [0.29, 0.717) is 24.5 Å². The van der Waals surface area contributed by atoms with Gasteiger partial charge < -0.3 is 24.7 Å². The van der Waals surface area contributed by atoms with Crippen LogP contribution in [-0.2, 0) is 27.4 Å². The topological polar surface area (TPSA) is 103 Å². The lowest BCUT2D eigenvalue weighted by atomic mass is 9.81. The van der Waals surface area contributed by atoms with Crippen LogP contribution in [0.5, 0.6) is 5.75 Å². The lowest BCUT2D eigenvalue weighted by Crippen LogP contribution is -2.51. The first kappa shape index (κ1) is 18.1. The lowest BCUT2D eigenvalue weighted by molar-refractivity contribution is -0.171. The number of esters is 1. The molecule has 150 valence electrons. The SMILES string of the molecule is CN(C)Cc1c(O)ccc2nc3c(cc12)CN1C(=O)C2COC(=O)[C@@H](O)C2C=C31. The van der Waals surface area contributed by atoms with Crippen molar-refractivity contribution in [3.8, 4) is 5.75 Å². The summed E-state index contributed by atoms with van der Waals surface area (Å²) in [5.41, 5.74) is 3.69. The number of rotatable bonds is 2. The second-order valence-corrected chi connectivity index (χ2v) is 8.10. The van der Waals surface area contributed by atoms with E-state index in [1.165, 1.54) is 0 Å². The van der Waals surface area contributed by atoms with Crippen LogP contribution in [0.1, 0.15) is 16.8 Å². The summed E-state index contributed by atoms with van der Waals surface area (Å²) in [4.78, 5) is 33.2. The Balaban J connectivity index is 1.64. The zero-order valence-electron chi connectivity index (χ0n) is 16.1. The first-order chi connectivity index (χ1) is 13.8. The number of carbonyl (C=O) groups excluding carboxylic acids is 2. The summed E-state index contributed by atoms with van der Waals surface area (Å²) in [6, 6.07) is 5.36. The molecule has 2 N–H and O–H groups in total. The van der Waals surface area contributed by atoms with E-state index in [1.807, 2.05) is 25.1 Å². The van der Waals surface area contributed by atoms with Gasteiger partial charge in [-0.2, -0.15) is 0 Å². The predicted molar refractivity (Wildman–Crippen MR) is 103 cm³/mol. The van der Waals surface area contributed by atoms with Crippen LogP contribution in [0.15, 0.2) is 24.3 Å². The van der Waals surface area contributed by atoms with E-state index in [0.717, 1.165) is 22.0 Å². The summed E-state index contributed by atoms with van der Waals surface area (Å²) in [6.45, 7) is 0.907. The lowest BCUT2D eigenvalue weighted by Gasteiger charge is -2.38. The molecule has 8 nitrogen and oxygen atoms in total. The van der Waals surface area contributed by atoms with E-state index in [2.05, 4.69) is 0 Å². The second-order valence-electron chi connectivity index (χ2n) is 8.10. The number of carbonyl (C=O) groups is 2. The summed E-state index contributed by atoms with van der Waals surface area (Å²) >= 11 is 0. The number of pyridine rings is 1. The Labute approximate surface area is 167 Å². The predicted octanol–water partition coefficient (Wildman–Crippen LogP) is 0.849. The van der Waals surface area contributed by atoms with Crippen molar-refractivity contribution < 1.29 is 24.5 Å². The standard InChI is InChI=1S/C21H21N3O5/c1-23(2)8-13-11-5-10-7-24-16(18(10)22-15(11)3-4-17(13)25)6-12-14(20(24)27)9-29-21(28)19(12)26/h3-6,12,14,19,25-26H,7-9H2,1-2H3/t12?,14?,19-/m0/s1. The molecule has 0 aliphatic carbocycles. The molecule has 8 heteroatoms. The third-order valence-corrected chi connectivity index (χ3v) is 5.91. The summed E-state index contributed by atoms with van der Waals surface area (Å²) in [5, 5.41) is 21.4. The van der Waals surface area contributed by atoms with Gasteiger partial charge in [0.2, 0.25) is 5.91 Å². The van der Waals surface area contributed by atoms with Crippen molar-refractivity contribution in [2.45, 2.75) is 19.2 Å². The van der Waals surface area contributed by atoms with Gasteiger partial charge in [0.15, 0.2) is 6.10 Å². The van der Waals surface area contributed by atoms with Crippen molar-refractivity contribution in [1.29, 1.82) is 0 Å². The zero-order chi connectivity index (χ0) is 20.4. The van der Waals surface area contributed by atoms with Gasteiger partial charge in [0.25, 0.3) is 0 Å². The van der Waals surface area contributed by atoms with E-state index in [1.54, 1.807) is 23.1 Å². The molecule has 5 rings (SSSR count). The zero-order valence-corrected chi connectivity index (χ0v) is 16.1. The molecule has 1 saturated heterocycles. The number of aromatic hydroxyl groups is 1. The van der Waals surface area contributed by atoms with E-state index in [9.17, 15) is 19.8 Å². The first-order valence-corrected chi connectivity index (χ1v) is 9.52. The van der Waals surface area contributed by atoms with Crippen molar-refractivity contribution >= 4 is 28.5 Å². The van der Waals surface area contributed by atoms with E-state index >= 15 is 0 Å². The van der Waals surface area contributed by atoms with Crippen LogP contribution in [0.3, 0.4) is 0 Å². The third kappa shape index (κ3) is 2.63. The maximum Gasteiger partial charge on any atom is 0.335 e. The monoisotopic (exact) mass is 395 g/mol. The average Bonchev–Trinajstić information content (AvgIpc) is 3.04. The van der Waals surface area contributed by atoms with Crippen molar-refractivity contribution in [2.24, 2.45) is 11.8 Å². The fourth-order valence-electron chi connectivity index (χ4n) is 4.48. The molecule has 2 aromatic rings. The molecule has 4 heterocycles. The molecule has 3 aliphatic heterocycles. The van der Waals surface area contributed by atoms with Crippen LogP contribution in [0.2, 0.25) is 0 Å². The third-order valence-electron chi connectivity index (χ3n) is 5.91. The highest BCUT2D eigenvalue weighted by molar-refractivity contribution is 5.97. The molecule has 3 aliphatic rings. The average molecular weight is 395 g/mol. The van der Waals surface area contributed by atoms with Gasteiger partial charge in [-0.3, -0.25) is 4.79 Å². The maximum atomic E-state index is 13.0. The number of benzene rings is 1. The smallest absolute Gasteiger partial charge is 0.335 e. The quantitative estimate of drug-likeness (QED) is 0.727. The van der Waals surface area contributed by atoms with Crippen LogP contribution in [-0.4, -0.2) is 63.7 Å². The van der Waals surface area contributed by atoms with E-state index in [4.69, 9.17) is 9.72 Å². The molecule has 2 unspecified atom stereocenters. The number of ether oxygens (including phenoxy) is 1. The first-order valence-electron chi connectivity index (χ1n) is 9.52. The normalized spacial score (nSPS) is 25.6. The Morgan fingerprint density at radius 1 is 1.31 bits per heavy atom. The Morgan fingerprint density at radius 2 is 2.10 bits per heavy atom. The molecule has 1 amide bonds. The van der Waals surface area contributed by atoms with Crippen molar-refractivity contribution in [3.05, 3.63) is 41.1 Å². The Morgan fingerprint density at radius 3 is 2.86 bits per heavy atom. The summed E-state index contributed by atoms with van der Waals surface area (Å²) in [6.07, 6.45) is 0.434. The maximum absolute atomic E-state index is 13.0. The number of amides is 1. The van der Waals surface area contributed by atoms with Gasteiger partial charge >= 0.3 is 5.97 Å². The summed E-state index contributed by atoms with van der Waals surface area (Å²) < 4.78 is 4.97. The molecular weight excluding hydrogens is 374 g/mol. The van der Waals surface area contributed by atoms with E-state index < -0.39 is 23.9 Å². The minimum Gasteiger partial charge on any atom is -0.508 e. The molecule has 29 heavy (non-hydrogen) atoms. The van der Waals surface area contributed by atoms with Gasteiger partial charge in [-0.25, -0.2) is 9.78 Å². The Bertz CT molecular complexity index is 1090. The summed E-state index contributed by atoms with van der Waals surface area (Å²) in [5.74, 6) is -1.84. The Hall–Kier alpha value is -2.97. The van der Waals surface area contributed by atoms with Gasteiger partial charge in [-0.1, -0.05) is 6.08 Å². The highest BCUT2D eigenvalue weighted by Gasteiger charge is 2.49. The van der Waals surface area contributed by atoms with Crippen LogP contribution in [0.25, 0.3) is 16.6 Å². The fourth-order valence-corrected chi connectivity index (χ4v) is 4.48. The van der Waals surface area contributed by atoms with Crippen LogP contribution >= 0.6 is 0 Å².